The zero-order valence-corrected chi connectivity index (χ0v) is 18.6. The van der Waals surface area contributed by atoms with Crippen molar-refractivity contribution in [3.05, 3.63) is 34.9 Å². The highest BCUT2D eigenvalue weighted by Gasteiger charge is 2.38. The molecule has 29 heavy (non-hydrogen) atoms. The predicted molar refractivity (Wildman–Crippen MR) is 115 cm³/mol. The van der Waals surface area contributed by atoms with Crippen LogP contribution in [0, 0.1) is 0 Å². The molecule has 1 saturated heterocycles. The van der Waals surface area contributed by atoms with Gasteiger partial charge in [0.1, 0.15) is 5.60 Å². The molecule has 6 heteroatoms. The van der Waals surface area contributed by atoms with Gasteiger partial charge in [0.2, 0.25) is 0 Å². The summed E-state index contributed by atoms with van der Waals surface area (Å²) >= 11 is 6.36. The van der Waals surface area contributed by atoms with Crippen LogP contribution in [-0.2, 0) is 4.74 Å². The van der Waals surface area contributed by atoms with E-state index in [1.807, 2.05) is 37.8 Å². The molecule has 3 rings (SSSR count). The lowest BCUT2D eigenvalue weighted by Gasteiger charge is -2.36. The van der Waals surface area contributed by atoms with E-state index in [-0.39, 0.29) is 24.1 Å². The van der Waals surface area contributed by atoms with Crippen LogP contribution >= 0.6 is 11.6 Å². The number of halogens is 1. The van der Waals surface area contributed by atoms with Crippen LogP contribution in [0.25, 0.3) is 0 Å². The monoisotopic (exact) mass is 420 g/mol. The molecule has 1 unspecified atom stereocenters. The summed E-state index contributed by atoms with van der Waals surface area (Å²) in [7, 11) is 0. The zero-order valence-electron chi connectivity index (χ0n) is 17.8. The van der Waals surface area contributed by atoms with Crippen molar-refractivity contribution in [2.45, 2.75) is 83.4 Å². The molecule has 160 valence electrons. The van der Waals surface area contributed by atoms with Crippen molar-refractivity contribution >= 4 is 23.6 Å². The number of hydrogen-bond donors (Lipinski definition) is 0. The highest BCUT2D eigenvalue weighted by Crippen LogP contribution is 2.30. The van der Waals surface area contributed by atoms with Gasteiger partial charge in [0.05, 0.1) is 16.6 Å². The fourth-order valence-electron chi connectivity index (χ4n) is 4.40. The van der Waals surface area contributed by atoms with E-state index >= 15 is 0 Å². The van der Waals surface area contributed by atoms with E-state index in [1.54, 1.807) is 17.0 Å². The summed E-state index contributed by atoms with van der Waals surface area (Å²) in [5, 5.41) is 0.484. The molecule has 1 aromatic rings. The van der Waals surface area contributed by atoms with E-state index in [0.717, 1.165) is 32.1 Å². The second kappa shape index (κ2) is 9.38. The number of likely N-dealkylation sites (tertiary alicyclic amines) is 1. The van der Waals surface area contributed by atoms with Crippen molar-refractivity contribution in [3.8, 4) is 0 Å². The number of carbonyl (C=O) groups is 2. The molecule has 1 atom stereocenters. The third kappa shape index (κ3) is 5.65. The van der Waals surface area contributed by atoms with Crippen LogP contribution in [0.2, 0.25) is 5.02 Å². The molecule has 2 fully saturated rings. The summed E-state index contributed by atoms with van der Waals surface area (Å²) in [6.45, 7) is 6.74. The minimum Gasteiger partial charge on any atom is -0.444 e. The topological polar surface area (TPSA) is 49.9 Å². The zero-order chi connectivity index (χ0) is 21.0. The molecule has 0 bridgehead atoms. The van der Waals surface area contributed by atoms with Gasteiger partial charge in [0, 0.05) is 19.1 Å². The highest BCUT2D eigenvalue weighted by molar-refractivity contribution is 6.33. The fraction of sp³-hybridized carbons (Fsp3) is 0.652. The summed E-state index contributed by atoms with van der Waals surface area (Å²) in [4.78, 5) is 29.9. The van der Waals surface area contributed by atoms with Gasteiger partial charge in [-0.15, -0.1) is 0 Å². The second-order valence-electron chi connectivity index (χ2n) is 9.21. The Bertz CT molecular complexity index is 723. The number of amides is 2. The van der Waals surface area contributed by atoms with Crippen LogP contribution in [0.15, 0.2) is 24.3 Å². The number of ether oxygens (including phenoxy) is 1. The first-order valence-corrected chi connectivity index (χ1v) is 11.2. The average molecular weight is 421 g/mol. The van der Waals surface area contributed by atoms with Gasteiger partial charge in [-0.25, -0.2) is 4.79 Å². The first kappa shape index (κ1) is 21.9. The maximum Gasteiger partial charge on any atom is 0.410 e. The van der Waals surface area contributed by atoms with Gasteiger partial charge >= 0.3 is 6.09 Å². The third-order valence-corrected chi connectivity index (χ3v) is 6.09. The van der Waals surface area contributed by atoms with E-state index in [0.29, 0.717) is 23.7 Å². The maximum atomic E-state index is 13.6. The first-order chi connectivity index (χ1) is 13.8. The van der Waals surface area contributed by atoms with E-state index in [9.17, 15) is 9.59 Å². The molecule has 0 spiro atoms. The van der Waals surface area contributed by atoms with Crippen molar-refractivity contribution in [1.82, 2.24) is 9.80 Å². The van der Waals surface area contributed by atoms with Gasteiger partial charge in [-0.1, -0.05) is 49.4 Å². The standard InChI is InChI=1S/C23H33ClN2O3/c1-23(2,3)29-22(28)25-15-14-18(16-25)26(17-10-6-4-5-7-11-17)21(27)19-12-8-9-13-20(19)24/h8-9,12-13,17-18H,4-7,10-11,14-16H2,1-3H3. The Morgan fingerprint density at radius 3 is 2.31 bits per heavy atom. The number of nitrogens with zero attached hydrogens (tertiary/aromatic N) is 2. The van der Waals surface area contributed by atoms with E-state index < -0.39 is 5.60 Å². The number of rotatable bonds is 3. The molecule has 1 heterocycles. The van der Waals surface area contributed by atoms with E-state index in [2.05, 4.69) is 0 Å². The predicted octanol–water partition coefficient (Wildman–Crippen LogP) is 5.51. The maximum absolute atomic E-state index is 13.6. The quantitative estimate of drug-likeness (QED) is 0.605. The lowest BCUT2D eigenvalue weighted by molar-refractivity contribution is 0.0262. The lowest BCUT2D eigenvalue weighted by atomic mass is 10.0. The normalized spacial score (nSPS) is 21.0. The summed E-state index contributed by atoms with van der Waals surface area (Å²) in [6.07, 6.45) is 7.22. The molecule has 1 aliphatic carbocycles. The van der Waals surface area contributed by atoms with Crippen LogP contribution in [0.1, 0.15) is 76.1 Å². The molecule has 0 aromatic heterocycles. The molecular formula is C23H33ClN2O3. The van der Waals surface area contributed by atoms with Crippen LogP contribution in [0.4, 0.5) is 4.79 Å². The van der Waals surface area contributed by atoms with Gasteiger partial charge < -0.3 is 14.5 Å². The minimum atomic E-state index is -0.524. The third-order valence-electron chi connectivity index (χ3n) is 5.77. The average Bonchev–Trinajstić information content (AvgIpc) is 2.97. The SMILES string of the molecule is CC(C)(C)OC(=O)N1CCC(N(C(=O)c2ccccc2Cl)C2CCCCCC2)C1. The Kier molecular flexibility index (Phi) is 7.10. The van der Waals surface area contributed by atoms with Crippen molar-refractivity contribution < 1.29 is 14.3 Å². The van der Waals surface area contributed by atoms with Gasteiger partial charge in [-0.05, 0) is 52.2 Å². The summed E-state index contributed by atoms with van der Waals surface area (Å²) in [5.74, 6) is -0.0152. The lowest BCUT2D eigenvalue weighted by Crippen LogP contribution is -2.49. The molecule has 5 nitrogen and oxygen atoms in total. The molecule has 1 aromatic carbocycles. The first-order valence-electron chi connectivity index (χ1n) is 10.8. The fourth-order valence-corrected chi connectivity index (χ4v) is 4.62. The van der Waals surface area contributed by atoms with Crippen molar-refractivity contribution in [3.63, 3.8) is 0 Å². The van der Waals surface area contributed by atoms with Crippen molar-refractivity contribution in [1.29, 1.82) is 0 Å². The van der Waals surface area contributed by atoms with Gasteiger partial charge in [-0.3, -0.25) is 4.79 Å². The summed E-state index contributed by atoms with van der Waals surface area (Å²) in [5.41, 5.74) is 0.0258. The van der Waals surface area contributed by atoms with Crippen molar-refractivity contribution in [2.24, 2.45) is 0 Å². The molecule has 2 aliphatic rings. The Labute approximate surface area is 179 Å². The van der Waals surface area contributed by atoms with Crippen LogP contribution in [0.5, 0.6) is 0 Å². The smallest absolute Gasteiger partial charge is 0.410 e. The van der Waals surface area contributed by atoms with Crippen LogP contribution in [-0.4, -0.2) is 52.6 Å². The molecule has 2 amide bonds. The summed E-state index contributed by atoms with van der Waals surface area (Å²) < 4.78 is 5.54. The van der Waals surface area contributed by atoms with Crippen LogP contribution < -0.4 is 0 Å². The Morgan fingerprint density at radius 2 is 1.69 bits per heavy atom. The van der Waals surface area contributed by atoms with Crippen LogP contribution in [0.3, 0.4) is 0 Å². The minimum absolute atomic E-state index is 0.00519. The van der Waals surface area contributed by atoms with Gasteiger partial charge in [0.25, 0.3) is 5.91 Å². The molecule has 1 aliphatic heterocycles. The largest absolute Gasteiger partial charge is 0.444 e. The molecule has 0 radical (unpaired) electrons. The van der Waals surface area contributed by atoms with Crippen molar-refractivity contribution in [2.75, 3.05) is 13.1 Å². The Balaban J connectivity index is 1.81. The molecule has 0 N–H and O–H groups in total. The van der Waals surface area contributed by atoms with Gasteiger partial charge in [0.15, 0.2) is 0 Å². The van der Waals surface area contributed by atoms with E-state index in [4.69, 9.17) is 16.3 Å². The molecule has 1 saturated carbocycles. The second-order valence-corrected chi connectivity index (χ2v) is 9.61. The molecular weight excluding hydrogens is 388 g/mol. The summed E-state index contributed by atoms with van der Waals surface area (Å²) in [6, 6.07) is 7.46. The highest BCUT2D eigenvalue weighted by atomic mass is 35.5. The Hall–Kier alpha value is -1.75. The van der Waals surface area contributed by atoms with Gasteiger partial charge in [-0.2, -0.15) is 0 Å². The Morgan fingerprint density at radius 1 is 1.03 bits per heavy atom. The number of hydrogen-bond acceptors (Lipinski definition) is 3. The van der Waals surface area contributed by atoms with E-state index in [1.165, 1.54) is 12.8 Å². The number of benzene rings is 1. The number of carbonyl (C=O) groups excluding carboxylic acids is 2.